The fourth-order valence-electron chi connectivity index (χ4n) is 3.57. The van der Waals surface area contributed by atoms with Crippen molar-refractivity contribution >= 4 is 0 Å². The average molecular weight is 383 g/mol. The van der Waals surface area contributed by atoms with Crippen molar-refractivity contribution in [3.8, 4) is 0 Å². The normalized spacial score (nSPS) is 14.7. The topological polar surface area (TPSA) is 15.7 Å². The summed E-state index contributed by atoms with van der Waals surface area (Å²) in [6.45, 7) is 14.3. The number of hydroxylamine groups is 2. The number of nitrogens with zero attached hydrogens (tertiary/aromatic N) is 2. The van der Waals surface area contributed by atoms with E-state index in [4.69, 9.17) is 4.84 Å². The highest BCUT2D eigenvalue weighted by Crippen LogP contribution is 2.37. The van der Waals surface area contributed by atoms with Crippen molar-refractivity contribution < 1.29 is 4.84 Å². The van der Waals surface area contributed by atoms with Crippen LogP contribution in [0.2, 0.25) is 0 Å². The first-order valence-electron chi connectivity index (χ1n) is 10.3. The molecule has 2 aromatic rings. The van der Waals surface area contributed by atoms with Gasteiger partial charge in [0.05, 0.1) is 6.04 Å². The molecule has 0 radical (unpaired) electrons. The molecule has 2 unspecified atom stereocenters. The zero-order valence-electron chi connectivity index (χ0n) is 18.9. The largest absolute Gasteiger partial charge is 0.305 e. The molecular weight excluding hydrogens is 344 g/mol. The van der Waals surface area contributed by atoms with Crippen molar-refractivity contribution in [2.75, 3.05) is 14.1 Å². The second-order valence-corrected chi connectivity index (χ2v) is 9.32. The van der Waals surface area contributed by atoms with Gasteiger partial charge in [0, 0.05) is 12.1 Å². The Morgan fingerprint density at radius 3 is 1.86 bits per heavy atom. The second kappa shape index (κ2) is 9.69. The van der Waals surface area contributed by atoms with E-state index in [1.165, 1.54) is 16.7 Å². The van der Waals surface area contributed by atoms with Gasteiger partial charge in [-0.15, -0.1) is 0 Å². The second-order valence-electron chi connectivity index (χ2n) is 9.32. The fourth-order valence-corrected chi connectivity index (χ4v) is 3.57. The van der Waals surface area contributed by atoms with Crippen LogP contribution < -0.4 is 0 Å². The van der Waals surface area contributed by atoms with Gasteiger partial charge in [-0.3, -0.25) is 4.84 Å². The van der Waals surface area contributed by atoms with Crippen LogP contribution in [0.3, 0.4) is 0 Å². The lowest BCUT2D eigenvalue weighted by atomic mass is 9.92. The highest BCUT2D eigenvalue weighted by Gasteiger charge is 2.34. The van der Waals surface area contributed by atoms with Crippen molar-refractivity contribution in [2.45, 2.75) is 65.8 Å². The molecule has 0 aromatic heterocycles. The van der Waals surface area contributed by atoms with Crippen LogP contribution in [0.1, 0.15) is 70.4 Å². The molecule has 0 aliphatic rings. The molecular formula is C25H38N2O. The summed E-state index contributed by atoms with van der Waals surface area (Å²) in [7, 11) is 4.19. The van der Waals surface area contributed by atoms with Crippen LogP contribution >= 0.6 is 0 Å². The maximum absolute atomic E-state index is 6.62. The third-order valence-corrected chi connectivity index (χ3v) is 4.91. The van der Waals surface area contributed by atoms with E-state index in [1.54, 1.807) is 0 Å². The molecule has 0 saturated carbocycles. The standard InChI is InChI=1S/C25H38N2O/c1-19(2)24(23-12-10-9-11-13-23)27(25(4,5)6)28-20(3)22-16-14-21(15-17-22)18-26(7)8/h9-17,19-20,24H,18H2,1-8H3. The summed E-state index contributed by atoms with van der Waals surface area (Å²) in [6.07, 6.45) is -0.0161. The summed E-state index contributed by atoms with van der Waals surface area (Å²) in [5.74, 6) is 0.427. The van der Waals surface area contributed by atoms with Crippen LogP contribution in [0, 0.1) is 5.92 Å². The van der Waals surface area contributed by atoms with Gasteiger partial charge < -0.3 is 4.90 Å². The Kier molecular flexibility index (Phi) is 7.82. The molecule has 154 valence electrons. The van der Waals surface area contributed by atoms with Gasteiger partial charge in [-0.25, -0.2) is 0 Å². The summed E-state index contributed by atoms with van der Waals surface area (Å²) >= 11 is 0. The van der Waals surface area contributed by atoms with Crippen LogP contribution in [0.25, 0.3) is 0 Å². The number of benzene rings is 2. The number of hydrogen-bond donors (Lipinski definition) is 0. The SMILES string of the molecule is CC(ON(C(c1ccccc1)C(C)C)C(C)(C)C)c1ccc(CN(C)C)cc1. The molecule has 28 heavy (non-hydrogen) atoms. The van der Waals surface area contributed by atoms with Crippen molar-refractivity contribution in [3.63, 3.8) is 0 Å². The number of rotatable bonds is 8. The van der Waals surface area contributed by atoms with Crippen LogP contribution in [-0.4, -0.2) is 29.6 Å². The summed E-state index contributed by atoms with van der Waals surface area (Å²) < 4.78 is 0. The highest BCUT2D eigenvalue weighted by atomic mass is 16.7. The van der Waals surface area contributed by atoms with Crippen molar-refractivity contribution in [3.05, 3.63) is 71.3 Å². The Morgan fingerprint density at radius 2 is 1.39 bits per heavy atom. The molecule has 0 spiro atoms. The van der Waals surface area contributed by atoms with E-state index in [1.807, 2.05) is 0 Å². The van der Waals surface area contributed by atoms with Gasteiger partial charge in [0.25, 0.3) is 0 Å². The predicted octanol–water partition coefficient (Wildman–Crippen LogP) is 6.24. The monoisotopic (exact) mass is 382 g/mol. The average Bonchev–Trinajstić information content (AvgIpc) is 2.61. The lowest BCUT2D eigenvalue weighted by molar-refractivity contribution is -0.272. The van der Waals surface area contributed by atoms with E-state index in [9.17, 15) is 0 Å². The molecule has 0 amide bonds. The summed E-state index contributed by atoms with van der Waals surface area (Å²) in [5, 5.41) is 2.20. The summed E-state index contributed by atoms with van der Waals surface area (Å²) in [6, 6.07) is 19.7. The van der Waals surface area contributed by atoms with Crippen LogP contribution in [-0.2, 0) is 11.4 Å². The molecule has 2 atom stereocenters. The minimum atomic E-state index is -0.121. The smallest absolute Gasteiger partial charge is 0.102 e. The molecule has 0 aliphatic heterocycles. The quantitative estimate of drug-likeness (QED) is 0.503. The van der Waals surface area contributed by atoms with Gasteiger partial charge in [-0.2, -0.15) is 5.06 Å². The van der Waals surface area contributed by atoms with E-state index in [2.05, 4.69) is 120 Å². The van der Waals surface area contributed by atoms with Crippen molar-refractivity contribution in [1.29, 1.82) is 0 Å². The van der Waals surface area contributed by atoms with E-state index in [-0.39, 0.29) is 17.7 Å². The molecule has 0 saturated heterocycles. The van der Waals surface area contributed by atoms with Gasteiger partial charge in [-0.05, 0) is 64.4 Å². The van der Waals surface area contributed by atoms with Crippen molar-refractivity contribution in [1.82, 2.24) is 9.96 Å². The fraction of sp³-hybridized carbons (Fsp3) is 0.520. The Balaban J connectivity index is 2.26. The predicted molar refractivity (Wildman–Crippen MR) is 119 cm³/mol. The van der Waals surface area contributed by atoms with E-state index < -0.39 is 0 Å². The molecule has 0 N–H and O–H groups in total. The molecule has 2 aromatic carbocycles. The lowest BCUT2D eigenvalue weighted by Crippen LogP contribution is -2.46. The van der Waals surface area contributed by atoms with Crippen molar-refractivity contribution in [2.24, 2.45) is 5.92 Å². The zero-order valence-corrected chi connectivity index (χ0v) is 18.9. The minimum Gasteiger partial charge on any atom is -0.305 e. The molecule has 0 aliphatic carbocycles. The Hall–Kier alpha value is -1.68. The summed E-state index contributed by atoms with van der Waals surface area (Å²) in [4.78, 5) is 8.81. The highest BCUT2D eigenvalue weighted by molar-refractivity contribution is 5.24. The first-order chi connectivity index (χ1) is 13.1. The van der Waals surface area contributed by atoms with Gasteiger partial charge in [-0.1, -0.05) is 68.4 Å². The van der Waals surface area contributed by atoms with Gasteiger partial charge in [0.15, 0.2) is 0 Å². The van der Waals surface area contributed by atoms with E-state index in [0.717, 1.165) is 6.54 Å². The third kappa shape index (κ3) is 6.16. The van der Waals surface area contributed by atoms with Crippen LogP contribution in [0.4, 0.5) is 0 Å². The molecule has 0 heterocycles. The maximum Gasteiger partial charge on any atom is 0.102 e. The van der Waals surface area contributed by atoms with Crippen LogP contribution in [0.5, 0.6) is 0 Å². The Morgan fingerprint density at radius 1 is 0.821 bits per heavy atom. The Bertz CT molecular complexity index is 702. The molecule has 3 nitrogen and oxygen atoms in total. The van der Waals surface area contributed by atoms with Gasteiger partial charge in [0.1, 0.15) is 6.10 Å². The first kappa shape index (κ1) is 22.6. The Labute approximate surface area is 172 Å². The van der Waals surface area contributed by atoms with Crippen LogP contribution in [0.15, 0.2) is 54.6 Å². The molecule has 2 rings (SSSR count). The first-order valence-corrected chi connectivity index (χ1v) is 10.3. The van der Waals surface area contributed by atoms with Gasteiger partial charge in [0.2, 0.25) is 0 Å². The lowest BCUT2D eigenvalue weighted by Gasteiger charge is -2.44. The summed E-state index contributed by atoms with van der Waals surface area (Å²) in [5.41, 5.74) is 3.69. The maximum atomic E-state index is 6.62. The third-order valence-electron chi connectivity index (χ3n) is 4.91. The van der Waals surface area contributed by atoms with E-state index in [0.29, 0.717) is 5.92 Å². The van der Waals surface area contributed by atoms with E-state index >= 15 is 0 Å². The van der Waals surface area contributed by atoms with Gasteiger partial charge >= 0.3 is 0 Å². The molecule has 0 bridgehead atoms. The molecule has 0 fully saturated rings. The minimum absolute atomic E-state index is 0.0161. The number of hydrogen-bond acceptors (Lipinski definition) is 3. The molecule has 3 heteroatoms. The zero-order chi connectivity index (χ0) is 20.9.